The number of hydrogen-bond donors (Lipinski definition) is 0. The van der Waals surface area contributed by atoms with Crippen LogP contribution in [0, 0.1) is 0 Å². The standard InChI is InChI=1S/C19H24OSi/c1-17(20)11-9-10-16-21(2,18-12-5-3-6-13-18)19-14-7-4-8-15-19/h3-8,12-15H,9-11,16H2,1-2H3. The van der Waals surface area contributed by atoms with E-state index >= 15 is 0 Å². The second-order valence-electron chi connectivity index (χ2n) is 5.97. The highest BCUT2D eigenvalue weighted by atomic mass is 28.3. The first kappa shape index (κ1) is 15.7. The lowest BCUT2D eigenvalue weighted by Crippen LogP contribution is -2.55. The molecule has 0 fully saturated rings. The molecule has 0 N–H and O–H groups in total. The smallest absolute Gasteiger partial charge is 0.129 e. The maximum absolute atomic E-state index is 11.1. The number of unbranched alkanes of at least 4 members (excludes halogenated alkanes) is 1. The van der Waals surface area contributed by atoms with E-state index in [4.69, 9.17) is 0 Å². The Hall–Kier alpha value is -1.67. The van der Waals surface area contributed by atoms with Gasteiger partial charge in [0.15, 0.2) is 0 Å². The van der Waals surface area contributed by atoms with Crippen molar-refractivity contribution in [2.45, 2.75) is 38.8 Å². The summed E-state index contributed by atoms with van der Waals surface area (Å²) in [6.45, 7) is 4.14. The third kappa shape index (κ3) is 4.15. The van der Waals surface area contributed by atoms with Crippen molar-refractivity contribution in [1.82, 2.24) is 0 Å². The molecule has 0 unspecified atom stereocenters. The molecular formula is C19H24OSi. The van der Waals surface area contributed by atoms with Crippen LogP contribution in [0.15, 0.2) is 60.7 Å². The number of benzene rings is 2. The molecule has 0 aromatic heterocycles. The zero-order valence-corrected chi connectivity index (χ0v) is 14.0. The first-order valence-corrected chi connectivity index (χ1v) is 10.4. The van der Waals surface area contributed by atoms with Crippen molar-refractivity contribution in [2.75, 3.05) is 0 Å². The highest BCUT2D eigenvalue weighted by molar-refractivity contribution is 7.01. The van der Waals surface area contributed by atoms with Gasteiger partial charge in [-0.15, -0.1) is 0 Å². The molecule has 0 bridgehead atoms. The molecule has 0 aliphatic heterocycles. The van der Waals surface area contributed by atoms with Crippen LogP contribution < -0.4 is 10.4 Å². The highest BCUT2D eigenvalue weighted by Gasteiger charge is 2.30. The van der Waals surface area contributed by atoms with E-state index in [2.05, 4.69) is 67.2 Å². The molecule has 2 heteroatoms. The van der Waals surface area contributed by atoms with Gasteiger partial charge in [-0.05, 0) is 19.4 Å². The van der Waals surface area contributed by atoms with Crippen molar-refractivity contribution in [3.05, 3.63) is 60.7 Å². The fraction of sp³-hybridized carbons (Fsp3) is 0.316. The van der Waals surface area contributed by atoms with Gasteiger partial charge >= 0.3 is 0 Å². The Morgan fingerprint density at radius 2 is 1.33 bits per heavy atom. The number of carbonyl (C=O) groups excluding carboxylic acids is 1. The molecule has 0 atom stereocenters. The summed E-state index contributed by atoms with van der Waals surface area (Å²) in [5.74, 6) is 0.304. The number of carbonyl (C=O) groups is 1. The van der Waals surface area contributed by atoms with Crippen LogP contribution in [0.4, 0.5) is 0 Å². The first-order chi connectivity index (χ1) is 10.1. The van der Waals surface area contributed by atoms with Crippen molar-refractivity contribution >= 4 is 24.2 Å². The fourth-order valence-corrected chi connectivity index (χ4v) is 6.64. The molecule has 0 aliphatic rings. The summed E-state index contributed by atoms with van der Waals surface area (Å²) in [6, 6.07) is 23.0. The Kier molecular flexibility index (Phi) is 5.51. The Bertz CT molecular complexity index is 523. The van der Waals surface area contributed by atoms with E-state index in [0.717, 1.165) is 12.8 Å². The van der Waals surface area contributed by atoms with E-state index in [1.165, 1.54) is 16.4 Å². The van der Waals surface area contributed by atoms with Gasteiger partial charge in [-0.3, -0.25) is 0 Å². The first-order valence-electron chi connectivity index (χ1n) is 7.73. The molecular weight excluding hydrogens is 272 g/mol. The molecule has 0 saturated heterocycles. The maximum Gasteiger partial charge on any atom is 0.129 e. The minimum atomic E-state index is -1.68. The van der Waals surface area contributed by atoms with Gasteiger partial charge in [0.05, 0.1) is 0 Å². The largest absolute Gasteiger partial charge is 0.300 e. The Balaban J connectivity index is 2.21. The average molecular weight is 296 g/mol. The minimum absolute atomic E-state index is 0.304. The number of rotatable bonds is 7. The van der Waals surface area contributed by atoms with Crippen LogP contribution in [0.3, 0.4) is 0 Å². The van der Waals surface area contributed by atoms with Gasteiger partial charge < -0.3 is 4.79 Å². The monoisotopic (exact) mass is 296 g/mol. The van der Waals surface area contributed by atoms with E-state index in [0.29, 0.717) is 12.2 Å². The summed E-state index contributed by atoms with van der Waals surface area (Å²) in [5.41, 5.74) is 0. The quantitative estimate of drug-likeness (QED) is 0.563. The molecule has 2 aromatic rings. The second kappa shape index (κ2) is 7.37. The van der Waals surface area contributed by atoms with Crippen molar-refractivity contribution < 1.29 is 4.79 Å². The number of hydrogen-bond acceptors (Lipinski definition) is 1. The topological polar surface area (TPSA) is 17.1 Å². The second-order valence-corrected chi connectivity index (χ2v) is 10.3. The summed E-state index contributed by atoms with van der Waals surface area (Å²) in [5, 5.41) is 2.97. The summed E-state index contributed by atoms with van der Waals surface area (Å²) in [6.07, 6.45) is 2.86. The summed E-state index contributed by atoms with van der Waals surface area (Å²) in [4.78, 5) is 11.1. The Morgan fingerprint density at radius 1 is 0.857 bits per heavy atom. The molecule has 2 aromatic carbocycles. The zero-order valence-electron chi connectivity index (χ0n) is 13.0. The van der Waals surface area contributed by atoms with Crippen LogP contribution in [-0.4, -0.2) is 13.9 Å². The number of Topliss-reactive ketones (excluding diaryl/α,β-unsaturated/α-hetero) is 1. The van der Waals surface area contributed by atoms with E-state index in [9.17, 15) is 4.79 Å². The van der Waals surface area contributed by atoms with E-state index in [1.54, 1.807) is 6.92 Å². The molecule has 1 nitrogen and oxygen atoms in total. The highest BCUT2D eigenvalue weighted by Crippen LogP contribution is 2.16. The van der Waals surface area contributed by atoms with Gasteiger partial charge in [-0.2, -0.15) is 0 Å². The third-order valence-electron chi connectivity index (χ3n) is 4.28. The maximum atomic E-state index is 11.1. The molecule has 0 amide bonds. The van der Waals surface area contributed by atoms with E-state index < -0.39 is 8.07 Å². The predicted octanol–water partition coefficient (Wildman–Crippen LogP) is 3.64. The van der Waals surface area contributed by atoms with Gasteiger partial charge in [0, 0.05) is 6.42 Å². The molecule has 2 rings (SSSR count). The van der Waals surface area contributed by atoms with Crippen LogP contribution >= 0.6 is 0 Å². The van der Waals surface area contributed by atoms with Crippen LogP contribution in [0.2, 0.25) is 12.6 Å². The summed E-state index contributed by atoms with van der Waals surface area (Å²) in [7, 11) is -1.68. The molecule has 0 spiro atoms. The molecule has 0 saturated carbocycles. The van der Waals surface area contributed by atoms with Gasteiger partial charge in [-0.1, -0.05) is 84.0 Å². The SMILES string of the molecule is CC(=O)CCCC[Si](C)(c1ccccc1)c1ccccc1. The van der Waals surface area contributed by atoms with Crippen molar-refractivity contribution in [1.29, 1.82) is 0 Å². The lowest BCUT2D eigenvalue weighted by atomic mass is 10.2. The van der Waals surface area contributed by atoms with Gasteiger partial charge in [0.2, 0.25) is 0 Å². The van der Waals surface area contributed by atoms with Gasteiger partial charge in [0.25, 0.3) is 0 Å². The lowest BCUT2D eigenvalue weighted by molar-refractivity contribution is -0.117. The Morgan fingerprint density at radius 3 is 1.76 bits per heavy atom. The fourth-order valence-electron chi connectivity index (χ4n) is 2.92. The van der Waals surface area contributed by atoms with Crippen LogP contribution in [0.1, 0.15) is 26.2 Å². The molecule has 0 heterocycles. The molecule has 0 aliphatic carbocycles. The van der Waals surface area contributed by atoms with Gasteiger partial charge in [0.1, 0.15) is 13.9 Å². The van der Waals surface area contributed by atoms with Crippen LogP contribution in [0.25, 0.3) is 0 Å². The molecule has 110 valence electrons. The normalized spacial score (nSPS) is 11.3. The number of ketones is 1. The Labute approximate surface area is 129 Å². The van der Waals surface area contributed by atoms with Crippen molar-refractivity contribution in [3.63, 3.8) is 0 Å². The molecule has 0 radical (unpaired) electrons. The summed E-state index contributed by atoms with van der Waals surface area (Å²) < 4.78 is 0. The minimum Gasteiger partial charge on any atom is -0.300 e. The molecule has 21 heavy (non-hydrogen) atoms. The van der Waals surface area contributed by atoms with Crippen LogP contribution in [-0.2, 0) is 4.79 Å². The van der Waals surface area contributed by atoms with E-state index in [-0.39, 0.29) is 0 Å². The van der Waals surface area contributed by atoms with E-state index in [1.807, 2.05) is 0 Å². The predicted molar refractivity (Wildman–Crippen MR) is 93.1 cm³/mol. The summed E-state index contributed by atoms with van der Waals surface area (Å²) >= 11 is 0. The van der Waals surface area contributed by atoms with Crippen LogP contribution in [0.5, 0.6) is 0 Å². The van der Waals surface area contributed by atoms with Crippen molar-refractivity contribution in [2.24, 2.45) is 0 Å². The third-order valence-corrected chi connectivity index (χ3v) is 8.85. The average Bonchev–Trinajstić information content (AvgIpc) is 2.53. The van der Waals surface area contributed by atoms with Gasteiger partial charge in [-0.25, -0.2) is 0 Å². The lowest BCUT2D eigenvalue weighted by Gasteiger charge is -2.29. The van der Waals surface area contributed by atoms with Crippen molar-refractivity contribution in [3.8, 4) is 0 Å². The zero-order chi connectivity index (χ0) is 15.1.